The van der Waals surface area contributed by atoms with Crippen molar-refractivity contribution < 1.29 is 14.4 Å². The smallest absolute Gasteiger partial charge is 0.337 e. The van der Waals surface area contributed by atoms with Crippen molar-refractivity contribution in [3.63, 3.8) is 0 Å². The van der Waals surface area contributed by atoms with E-state index in [0.29, 0.717) is 29.8 Å². The zero-order valence-electron chi connectivity index (χ0n) is 9.97. The van der Waals surface area contributed by atoms with Crippen LogP contribution in [0.5, 0.6) is 0 Å². The fourth-order valence-electron chi connectivity index (χ4n) is 1.46. The Bertz CT molecular complexity index is 579. The highest BCUT2D eigenvalue weighted by molar-refractivity contribution is 5.89. The summed E-state index contributed by atoms with van der Waals surface area (Å²) in [7, 11) is 0. The van der Waals surface area contributed by atoms with E-state index < -0.39 is 5.97 Å². The number of hydrogen-bond acceptors (Lipinski definition) is 6. The molecule has 2 aromatic rings. The third-order valence-corrected chi connectivity index (χ3v) is 2.31. The predicted molar refractivity (Wildman–Crippen MR) is 62.3 cm³/mol. The lowest BCUT2D eigenvalue weighted by Gasteiger charge is -2.05. The average Bonchev–Trinajstić information content (AvgIpc) is 2.72. The summed E-state index contributed by atoms with van der Waals surface area (Å²) >= 11 is 0. The topological polar surface area (TPSA) is 101 Å². The molecule has 0 saturated heterocycles. The standard InChI is InChI=1S/C11H12N4O3/c1-6-8(11(16)17)3-4-9(13-6)12-5-10-14-7(2)15-18-10/h3-4H,5H2,1-2H3,(H,12,13)(H,16,17). The van der Waals surface area contributed by atoms with Crippen LogP contribution < -0.4 is 5.32 Å². The van der Waals surface area contributed by atoms with Gasteiger partial charge in [-0.2, -0.15) is 4.98 Å². The Balaban J connectivity index is 2.06. The SMILES string of the molecule is Cc1noc(CNc2ccc(C(=O)O)c(C)n2)n1. The molecular formula is C11H12N4O3. The van der Waals surface area contributed by atoms with Crippen molar-refractivity contribution >= 4 is 11.8 Å². The molecule has 0 saturated carbocycles. The molecule has 0 amide bonds. The molecule has 2 aromatic heterocycles. The van der Waals surface area contributed by atoms with Crippen molar-refractivity contribution in [2.24, 2.45) is 0 Å². The Kier molecular flexibility index (Phi) is 3.22. The molecule has 94 valence electrons. The highest BCUT2D eigenvalue weighted by Crippen LogP contribution is 2.11. The van der Waals surface area contributed by atoms with E-state index in [9.17, 15) is 4.79 Å². The molecular weight excluding hydrogens is 236 g/mol. The largest absolute Gasteiger partial charge is 0.478 e. The first kappa shape index (κ1) is 12.0. The number of aromatic nitrogens is 3. The van der Waals surface area contributed by atoms with Gasteiger partial charge in [0.2, 0.25) is 5.89 Å². The number of nitrogens with one attached hydrogen (secondary N) is 1. The second-order valence-corrected chi connectivity index (χ2v) is 3.72. The summed E-state index contributed by atoms with van der Waals surface area (Å²) in [6, 6.07) is 3.10. The van der Waals surface area contributed by atoms with Gasteiger partial charge in [-0.15, -0.1) is 0 Å². The molecule has 7 nitrogen and oxygen atoms in total. The van der Waals surface area contributed by atoms with Crippen LogP contribution >= 0.6 is 0 Å². The van der Waals surface area contributed by atoms with E-state index in [1.807, 2.05) is 0 Å². The van der Waals surface area contributed by atoms with Gasteiger partial charge in [0.05, 0.1) is 17.8 Å². The van der Waals surface area contributed by atoms with Gasteiger partial charge in [0.25, 0.3) is 0 Å². The summed E-state index contributed by atoms with van der Waals surface area (Å²) in [6.45, 7) is 3.72. The van der Waals surface area contributed by atoms with Crippen molar-refractivity contribution in [2.75, 3.05) is 5.32 Å². The first-order chi connectivity index (χ1) is 8.56. The van der Waals surface area contributed by atoms with Gasteiger partial charge in [0, 0.05) is 0 Å². The Morgan fingerprint density at radius 3 is 2.72 bits per heavy atom. The number of carboxylic acids is 1. The number of carbonyl (C=O) groups is 1. The van der Waals surface area contributed by atoms with Crippen LogP contribution in [0.15, 0.2) is 16.7 Å². The maximum absolute atomic E-state index is 10.8. The minimum absolute atomic E-state index is 0.189. The number of rotatable bonds is 4. The Morgan fingerprint density at radius 2 is 2.17 bits per heavy atom. The van der Waals surface area contributed by atoms with Crippen molar-refractivity contribution in [1.82, 2.24) is 15.1 Å². The number of hydrogen-bond donors (Lipinski definition) is 2. The van der Waals surface area contributed by atoms with Crippen LogP contribution in [0.25, 0.3) is 0 Å². The molecule has 0 atom stereocenters. The van der Waals surface area contributed by atoms with Gasteiger partial charge in [0.15, 0.2) is 5.82 Å². The summed E-state index contributed by atoms with van der Waals surface area (Å²) in [5.41, 5.74) is 0.642. The fraction of sp³-hybridized carbons (Fsp3) is 0.273. The van der Waals surface area contributed by atoms with E-state index in [-0.39, 0.29) is 5.56 Å². The lowest BCUT2D eigenvalue weighted by atomic mass is 10.2. The van der Waals surface area contributed by atoms with Gasteiger partial charge >= 0.3 is 5.97 Å². The van der Waals surface area contributed by atoms with E-state index in [1.165, 1.54) is 6.07 Å². The van der Waals surface area contributed by atoms with E-state index >= 15 is 0 Å². The van der Waals surface area contributed by atoms with Crippen LogP contribution in [0, 0.1) is 13.8 Å². The maximum Gasteiger partial charge on any atom is 0.337 e. The highest BCUT2D eigenvalue weighted by atomic mass is 16.5. The van der Waals surface area contributed by atoms with E-state index in [1.54, 1.807) is 19.9 Å². The van der Waals surface area contributed by atoms with Gasteiger partial charge in [-0.25, -0.2) is 9.78 Å². The summed E-state index contributed by atoms with van der Waals surface area (Å²) < 4.78 is 4.93. The van der Waals surface area contributed by atoms with Crippen molar-refractivity contribution in [3.8, 4) is 0 Å². The molecule has 0 aromatic carbocycles. The fourth-order valence-corrected chi connectivity index (χ4v) is 1.46. The van der Waals surface area contributed by atoms with Crippen LogP contribution in [-0.4, -0.2) is 26.2 Å². The molecule has 0 aliphatic heterocycles. The Morgan fingerprint density at radius 1 is 1.39 bits per heavy atom. The molecule has 2 rings (SSSR count). The molecule has 0 unspecified atom stereocenters. The molecule has 0 aliphatic carbocycles. The lowest BCUT2D eigenvalue weighted by molar-refractivity contribution is 0.0695. The lowest BCUT2D eigenvalue weighted by Crippen LogP contribution is -2.06. The molecule has 0 fully saturated rings. The Hall–Kier alpha value is -2.44. The second-order valence-electron chi connectivity index (χ2n) is 3.72. The van der Waals surface area contributed by atoms with Crippen LogP contribution in [0.3, 0.4) is 0 Å². The quantitative estimate of drug-likeness (QED) is 0.842. The van der Waals surface area contributed by atoms with Gasteiger partial charge in [0.1, 0.15) is 5.82 Å². The molecule has 2 N–H and O–H groups in total. The highest BCUT2D eigenvalue weighted by Gasteiger charge is 2.09. The van der Waals surface area contributed by atoms with Gasteiger partial charge in [-0.1, -0.05) is 5.16 Å². The van der Waals surface area contributed by atoms with E-state index in [2.05, 4.69) is 20.4 Å². The first-order valence-electron chi connectivity index (χ1n) is 5.30. The van der Waals surface area contributed by atoms with Crippen molar-refractivity contribution in [1.29, 1.82) is 0 Å². The number of pyridine rings is 1. The summed E-state index contributed by atoms with van der Waals surface area (Å²) in [5, 5.41) is 15.5. The van der Waals surface area contributed by atoms with Gasteiger partial charge < -0.3 is 14.9 Å². The van der Waals surface area contributed by atoms with E-state index in [4.69, 9.17) is 9.63 Å². The number of nitrogens with zero attached hydrogens (tertiary/aromatic N) is 3. The third kappa shape index (κ3) is 2.62. The van der Waals surface area contributed by atoms with Crippen LogP contribution in [0.4, 0.5) is 5.82 Å². The minimum Gasteiger partial charge on any atom is -0.478 e. The monoisotopic (exact) mass is 248 g/mol. The number of aromatic carboxylic acids is 1. The zero-order valence-corrected chi connectivity index (χ0v) is 9.97. The molecule has 0 spiro atoms. The molecule has 0 bridgehead atoms. The van der Waals surface area contributed by atoms with Gasteiger partial charge in [-0.3, -0.25) is 0 Å². The van der Waals surface area contributed by atoms with Crippen LogP contribution in [0.1, 0.15) is 27.8 Å². The predicted octanol–water partition coefficient (Wildman–Crippen LogP) is 1.39. The van der Waals surface area contributed by atoms with Crippen LogP contribution in [0.2, 0.25) is 0 Å². The van der Waals surface area contributed by atoms with Crippen LogP contribution in [-0.2, 0) is 6.54 Å². The third-order valence-electron chi connectivity index (χ3n) is 2.31. The molecule has 0 aliphatic rings. The summed E-state index contributed by atoms with van der Waals surface area (Å²) in [5.74, 6) is 0.596. The second kappa shape index (κ2) is 4.82. The maximum atomic E-state index is 10.8. The molecule has 7 heteroatoms. The van der Waals surface area contributed by atoms with Crippen molar-refractivity contribution in [3.05, 3.63) is 35.1 Å². The average molecular weight is 248 g/mol. The number of aryl methyl sites for hydroxylation is 2. The zero-order chi connectivity index (χ0) is 13.1. The minimum atomic E-state index is -0.987. The van der Waals surface area contributed by atoms with Crippen molar-refractivity contribution in [2.45, 2.75) is 20.4 Å². The summed E-state index contributed by atoms with van der Waals surface area (Å²) in [6.07, 6.45) is 0. The summed E-state index contributed by atoms with van der Waals surface area (Å²) in [4.78, 5) is 19.0. The Labute approximate surface area is 103 Å². The number of carboxylic acid groups (broad SMARTS) is 1. The normalized spacial score (nSPS) is 10.3. The van der Waals surface area contributed by atoms with Gasteiger partial charge in [-0.05, 0) is 26.0 Å². The molecule has 2 heterocycles. The van der Waals surface area contributed by atoms with E-state index in [0.717, 1.165) is 0 Å². The molecule has 0 radical (unpaired) electrons. The first-order valence-corrected chi connectivity index (χ1v) is 5.30. The number of anilines is 1. The molecule has 18 heavy (non-hydrogen) atoms.